The van der Waals surface area contributed by atoms with E-state index in [-0.39, 0.29) is 33.9 Å². The molecule has 0 spiro atoms. The lowest BCUT2D eigenvalue weighted by Crippen LogP contribution is -2.42. The van der Waals surface area contributed by atoms with Crippen LogP contribution < -0.4 is 5.32 Å². The van der Waals surface area contributed by atoms with Gasteiger partial charge in [0.1, 0.15) is 0 Å². The molecule has 160 valence electrons. The zero-order valence-electron chi connectivity index (χ0n) is 15.9. The highest BCUT2D eigenvalue weighted by molar-refractivity contribution is 6.42. The molecule has 0 heterocycles. The Morgan fingerprint density at radius 3 is 2.28 bits per heavy atom. The molecule has 1 atom stereocenters. The van der Waals surface area contributed by atoms with Gasteiger partial charge in [-0.25, -0.2) is 13.2 Å². The first-order chi connectivity index (χ1) is 13.7. The van der Waals surface area contributed by atoms with Crippen LogP contribution in [0.4, 0.5) is 13.2 Å². The highest BCUT2D eigenvalue weighted by Gasteiger charge is 2.62. The minimum atomic E-state index is -2.47. The molecular formula is C21H24Cl2F3NO2. The third kappa shape index (κ3) is 3.40. The molecule has 3 fully saturated rings. The summed E-state index contributed by atoms with van der Waals surface area (Å²) < 4.78 is 42.7. The van der Waals surface area contributed by atoms with Crippen molar-refractivity contribution < 1.29 is 23.1 Å². The van der Waals surface area contributed by atoms with Crippen molar-refractivity contribution in [3.8, 4) is 5.75 Å². The van der Waals surface area contributed by atoms with Gasteiger partial charge in [0.05, 0.1) is 16.1 Å². The number of rotatable bonds is 5. The second-order valence-corrected chi connectivity index (χ2v) is 9.83. The largest absolute Gasteiger partial charge is 0.505 e. The number of fused-ring (bicyclic) bond motifs is 2. The second-order valence-electron chi connectivity index (χ2n) is 9.04. The van der Waals surface area contributed by atoms with Crippen LogP contribution >= 0.6 is 23.2 Å². The molecule has 0 saturated heterocycles. The van der Waals surface area contributed by atoms with Crippen molar-refractivity contribution in [1.29, 1.82) is 0 Å². The smallest absolute Gasteiger partial charge is 0.244 e. The first kappa shape index (κ1) is 21.1. The van der Waals surface area contributed by atoms with Gasteiger partial charge >= 0.3 is 0 Å². The van der Waals surface area contributed by atoms with Crippen LogP contribution in [0.2, 0.25) is 10.0 Å². The predicted octanol–water partition coefficient (Wildman–Crippen LogP) is 6.40. The topological polar surface area (TPSA) is 49.3 Å². The van der Waals surface area contributed by atoms with Gasteiger partial charge < -0.3 is 10.4 Å². The van der Waals surface area contributed by atoms with Crippen LogP contribution in [0.15, 0.2) is 6.07 Å². The Kier molecular flexibility index (Phi) is 5.48. The molecule has 2 N–H and O–H groups in total. The molecule has 1 amide bonds. The van der Waals surface area contributed by atoms with Gasteiger partial charge in [-0.15, -0.1) is 0 Å². The van der Waals surface area contributed by atoms with Crippen molar-refractivity contribution in [3.63, 3.8) is 0 Å². The van der Waals surface area contributed by atoms with Crippen LogP contribution in [0.3, 0.4) is 0 Å². The van der Waals surface area contributed by atoms with Crippen molar-refractivity contribution in [2.75, 3.05) is 0 Å². The summed E-state index contributed by atoms with van der Waals surface area (Å²) in [5.41, 5.74) is -1.92. The number of benzene rings is 1. The number of hydrogen-bond donors (Lipinski definition) is 2. The van der Waals surface area contributed by atoms with E-state index in [0.717, 1.165) is 31.7 Å². The molecule has 3 aliphatic rings. The summed E-state index contributed by atoms with van der Waals surface area (Å²) in [5, 5.41) is 12.8. The number of hydrogen-bond acceptors (Lipinski definition) is 2. The Morgan fingerprint density at radius 1 is 1.14 bits per heavy atom. The van der Waals surface area contributed by atoms with E-state index in [1.807, 2.05) is 0 Å². The van der Waals surface area contributed by atoms with Crippen LogP contribution in [-0.2, 0) is 4.79 Å². The molecule has 1 unspecified atom stereocenters. The van der Waals surface area contributed by atoms with Crippen LogP contribution in [0.25, 0.3) is 0 Å². The number of carbonyl (C=O) groups excluding carboxylic acids is 1. The highest BCUT2D eigenvalue weighted by atomic mass is 35.5. The molecule has 0 aromatic heterocycles. The van der Waals surface area contributed by atoms with E-state index in [2.05, 4.69) is 5.32 Å². The van der Waals surface area contributed by atoms with Gasteiger partial charge in [0, 0.05) is 23.0 Å². The summed E-state index contributed by atoms with van der Waals surface area (Å²) in [6, 6.07) is 0.110. The monoisotopic (exact) mass is 449 g/mol. The Bertz CT molecular complexity index is 792. The maximum atomic E-state index is 15.1. The third-order valence-corrected chi connectivity index (χ3v) is 8.30. The number of nitrogens with one attached hydrogen (secondary N) is 1. The van der Waals surface area contributed by atoms with Gasteiger partial charge in [-0.3, -0.25) is 4.79 Å². The molecule has 29 heavy (non-hydrogen) atoms. The highest BCUT2D eigenvalue weighted by Crippen LogP contribution is 2.68. The van der Waals surface area contributed by atoms with Crippen molar-refractivity contribution in [2.45, 2.75) is 70.3 Å². The van der Waals surface area contributed by atoms with Gasteiger partial charge in [0.2, 0.25) is 12.3 Å². The van der Waals surface area contributed by atoms with E-state index < -0.39 is 34.9 Å². The molecule has 4 rings (SSSR count). The van der Waals surface area contributed by atoms with Crippen molar-refractivity contribution >= 4 is 29.1 Å². The molecule has 1 aromatic carbocycles. The quantitative estimate of drug-likeness (QED) is 0.510. The average Bonchev–Trinajstić information content (AvgIpc) is 3.42. The second kappa shape index (κ2) is 7.52. The van der Waals surface area contributed by atoms with Crippen LogP contribution in [0.1, 0.15) is 69.4 Å². The molecular weight excluding hydrogens is 426 g/mol. The minimum absolute atomic E-state index is 0.0341. The number of alkyl halides is 2. The van der Waals surface area contributed by atoms with Gasteiger partial charge in [-0.1, -0.05) is 36.0 Å². The Labute approximate surface area is 177 Å². The zero-order valence-corrected chi connectivity index (χ0v) is 17.4. The lowest BCUT2D eigenvalue weighted by molar-refractivity contribution is -0.126. The summed E-state index contributed by atoms with van der Waals surface area (Å²) in [5.74, 6) is -2.00. The van der Waals surface area contributed by atoms with E-state index in [9.17, 15) is 18.7 Å². The van der Waals surface area contributed by atoms with Crippen LogP contribution in [0, 0.1) is 22.6 Å². The van der Waals surface area contributed by atoms with Crippen LogP contribution in [-0.4, -0.2) is 17.4 Å². The number of halogens is 5. The van der Waals surface area contributed by atoms with Crippen LogP contribution in [0.5, 0.6) is 5.75 Å². The normalized spacial score (nSPS) is 30.3. The Hall–Kier alpha value is -1.14. The SMILES string of the molecule is O=C(NC(c1c(F)c(O)cc(Cl)c1Cl)C12CCC(C(F)F)(CC1)C2)C1CCCC1. The van der Waals surface area contributed by atoms with Crippen molar-refractivity contribution in [2.24, 2.45) is 16.7 Å². The molecule has 2 bridgehead atoms. The molecule has 3 nitrogen and oxygen atoms in total. The summed E-state index contributed by atoms with van der Waals surface area (Å²) >= 11 is 12.4. The predicted molar refractivity (Wildman–Crippen MR) is 105 cm³/mol. The summed E-state index contributed by atoms with van der Waals surface area (Å²) in [6.45, 7) is 0. The number of amides is 1. The zero-order chi connectivity index (χ0) is 21.0. The lowest BCUT2D eigenvalue weighted by atomic mass is 9.74. The number of phenolic OH excluding ortho intramolecular Hbond substituents is 1. The molecule has 1 aromatic rings. The van der Waals surface area contributed by atoms with E-state index in [4.69, 9.17) is 23.2 Å². The molecule has 0 aliphatic heterocycles. The summed E-state index contributed by atoms with van der Waals surface area (Å²) in [7, 11) is 0. The summed E-state index contributed by atoms with van der Waals surface area (Å²) in [4.78, 5) is 12.9. The molecule has 8 heteroatoms. The number of phenols is 1. The van der Waals surface area contributed by atoms with Gasteiger partial charge in [-0.2, -0.15) is 0 Å². The fraction of sp³-hybridized carbons (Fsp3) is 0.667. The maximum absolute atomic E-state index is 15.1. The molecule has 3 aliphatic carbocycles. The van der Waals surface area contributed by atoms with E-state index in [1.165, 1.54) is 0 Å². The number of carbonyl (C=O) groups is 1. The van der Waals surface area contributed by atoms with Gasteiger partial charge in [0.15, 0.2) is 11.6 Å². The summed E-state index contributed by atoms with van der Waals surface area (Å²) in [6.07, 6.45) is 2.67. The Balaban J connectivity index is 1.77. The molecule has 3 saturated carbocycles. The Morgan fingerprint density at radius 2 is 1.72 bits per heavy atom. The maximum Gasteiger partial charge on any atom is 0.244 e. The third-order valence-electron chi connectivity index (χ3n) is 7.49. The first-order valence-corrected chi connectivity index (χ1v) is 10.9. The fourth-order valence-electron chi connectivity index (χ4n) is 5.83. The van der Waals surface area contributed by atoms with E-state index in [0.29, 0.717) is 25.7 Å². The van der Waals surface area contributed by atoms with Crippen molar-refractivity contribution in [1.82, 2.24) is 5.32 Å². The lowest BCUT2D eigenvalue weighted by Gasteiger charge is -2.38. The minimum Gasteiger partial charge on any atom is -0.505 e. The number of aromatic hydroxyl groups is 1. The average molecular weight is 450 g/mol. The van der Waals surface area contributed by atoms with Crippen molar-refractivity contribution in [3.05, 3.63) is 27.5 Å². The fourth-order valence-corrected chi connectivity index (χ4v) is 6.28. The van der Waals surface area contributed by atoms with E-state index >= 15 is 4.39 Å². The molecule has 0 radical (unpaired) electrons. The van der Waals surface area contributed by atoms with Gasteiger partial charge in [0.25, 0.3) is 0 Å². The van der Waals surface area contributed by atoms with Gasteiger partial charge in [-0.05, 0) is 50.4 Å². The first-order valence-electron chi connectivity index (χ1n) is 10.1. The standard InChI is InChI=1S/C21H24Cl2F3NO2/c22-12-9-13(28)16(24)14(15(12)23)17(27-18(29)11-3-1-2-4-11)20-5-7-21(10-20,8-6-20)19(25)26/h9,11,17,19,28H,1-8,10H2,(H,27,29). The van der Waals surface area contributed by atoms with E-state index in [1.54, 1.807) is 0 Å².